The Morgan fingerprint density at radius 2 is 1.18 bits per heavy atom. The summed E-state index contributed by atoms with van der Waals surface area (Å²) in [7, 11) is 0. The Morgan fingerprint density at radius 3 is 1.49 bits per heavy atom. The fourth-order valence-corrected chi connectivity index (χ4v) is 5.82. The van der Waals surface area contributed by atoms with Crippen molar-refractivity contribution in [2.24, 2.45) is 5.16 Å². The minimum Gasteiger partial charge on any atom is -0.411 e. The van der Waals surface area contributed by atoms with Crippen LogP contribution in [0.4, 0.5) is 0 Å². The molecule has 0 saturated carbocycles. The molecule has 39 heavy (non-hydrogen) atoms. The highest BCUT2D eigenvalue weighted by molar-refractivity contribution is 6.36. The number of hydrogen-bond acceptors (Lipinski definition) is 6. The van der Waals surface area contributed by atoms with Crippen LogP contribution in [0.15, 0.2) is 79.0 Å². The van der Waals surface area contributed by atoms with Gasteiger partial charge in [-0.3, -0.25) is 0 Å². The van der Waals surface area contributed by atoms with Crippen LogP contribution in [0.5, 0.6) is 0 Å². The van der Waals surface area contributed by atoms with E-state index in [2.05, 4.69) is 15.1 Å². The Balaban J connectivity index is 1.95. The molecule has 2 atom stereocenters. The van der Waals surface area contributed by atoms with Crippen LogP contribution in [0, 0.1) is 0 Å². The topological polar surface area (TPSA) is 86.7 Å². The molecule has 2 heterocycles. The molecule has 206 valence electrons. The van der Waals surface area contributed by atoms with Crippen molar-refractivity contribution >= 4 is 52.1 Å². The summed E-state index contributed by atoms with van der Waals surface area (Å²) < 4.78 is 2.95. The zero-order chi connectivity index (χ0) is 28.4. The number of rotatable bonds is 10. The van der Waals surface area contributed by atoms with E-state index in [9.17, 15) is 5.21 Å². The zero-order valence-corrected chi connectivity index (χ0v) is 24.6. The second kappa shape index (κ2) is 11.7. The average Bonchev–Trinajstić information content (AvgIpc) is 3.54. The quantitative estimate of drug-likeness (QED) is 0.116. The van der Waals surface area contributed by atoms with Gasteiger partial charge in [-0.1, -0.05) is 63.7 Å². The van der Waals surface area contributed by atoms with Crippen LogP contribution < -0.4 is 9.68 Å². The molecule has 2 unspecified atom stereocenters. The molecule has 0 amide bonds. The monoisotopic (exact) mass is 609 g/mol. The van der Waals surface area contributed by atoms with Gasteiger partial charge in [-0.25, -0.2) is 9.97 Å². The van der Waals surface area contributed by atoms with E-state index in [-0.39, 0.29) is 5.71 Å². The summed E-state index contributed by atoms with van der Waals surface area (Å²) in [4.78, 5) is 20.8. The van der Waals surface area contributed by atoms with Crippen molar-refractivity contribution < 1.29 is 14.9 Å². The maximum Gasteiger partial charge on any atom is 0.142 e. The predicted molar refractivity (Wildman–Crippen MR) is 153 cm³/mol. The molecule has 4 aromatic rings. The molecule has 2 aromatic heterocycles. The van der Waals surface area contributed by atoms with Crippen LogP contribution in [0.1, 0.15) is 50.7 Å². The van der Waals surface area contributed by atoms with E-state index in [1.54, 1.807) is 61.2 Å². The minimum absolute atomic E-state index is 0.277. The van der Waals surface area contributed by atoms with Crippen molar-refractivity contribution in [3.05, 3.63) is 105 Å². The molecule has 0 aliphatic heterocycles. The van der Waals surface area contributed by atoms with E-state index in [0.29, 0.717) is 31.2 Å². The molecule has 0 saturated heterocycles. The molecule has 0 spiro atoms. The fourth-order valence-electron chi connectivity index (χ4n) is 4.78. The first-order valence-electron chi connectivity index (χ1n) is 11.9. The highest BCUT2D eigenvalue weighted by Crippen LogP contribution is 2.45. The lowest BCUT2D eigenvalue weighted by molar-refractivity contribution is -0.0457. The zero-order valence-electron chi connectivity index (χ0n) is 21.6. The summed E-state index contributed by atoms with van der Waals surface area (Å²) in [6, 6.07) is 10.3. The molecule has 2 aromatic carbocycles. The van der Waals surface area contributed by atoms with Crippen molar-refractivity contribution in [2.45, 2.75) is 50.7 Å². The normalized spacial score (nSPS) is 13.5. The van der Waals surface area contributed by atoms with Crippen LogP contribution in [0.2, 0.25) is 20.1 Å². The van der Waals surface area contributed by atoms with Gasteiger partial charge < -0.3 is 14.9 Å². The Morgan fingerprint density at radius 1 is 0.769 bits per heavy atom. The Bertz CT molecular complexity index is 1330. The van der Waals surface area contributed by atoms with Gasteiger partial charge in [-0.05, 0) is 63.1 Å². The number of hydrogen-bond donors (Lipinski definition) is 1. The molecule has 0 fully saturated rings. The summed E-state index contributed by atoms with van der Waals surface area (Å²) in [6.07, 6.45) is 9.57. The van der Waals surface area contributed by atoms with Crippen molar-refractivity contribution in [3.8, 4) is 0 Å². The predicted octanol–water partition coefficient (Wildman–Crippen LogP) is 7.21. The Hall–Kier alpha value is -2.91. The lowest BCUT2D eigenvalue weighted by Gasteiger charge is -2.42. The van der Waals surface area contributed by atoms with E-state index in [0.717, 1.165) is 0 Å². The third-order valence-corrected chi connectivity index (χ3v) is 7.41. The van der Waals surface area contributed by atoms with Gasteiger partial charge in [0.15, 0.2) is 0 Å². The highest BCUT2D eigenvalue weighted by Gasteiger charge is 2.48. The maximum absolute atomic E-state index is 10.8. The second-order valence-corrected chi connectivity index (χ2v) is 11.6. The third-order valence-electron chi connectivity index (χ3n) is 6.29. The molecular formula is C27H27Cl4N5O3. The van der Waals surface area contributed by atoms with E-state index in [4.69, 9.17) is 56.1 Å². The van der Waals surface area contributed by atoms with E-state index in [1.807, 2.05) is 27.7 Å². The fraction of sp³-hybridized carbons (Fsp3) is 0.296. The molecular weight excluding hydrogens is 584 g/mol. The van der Waals surface area contributed by atoms with Gasteiger partial charge in [-0.15, -0.1) is 0 Å². The molecule has 0 radical (unpaired) electrons. The smallest absolute Gasteiger partial charge is 0.142 e. The molecule has 12 heteroatoms. The summed E-state index contributed by atoms with van der Waals surface area (Å²) in [5, 5.41) is 16.3. The van der Waals surface area contributed by atoms with E-state index in [1.165, 1.54) is 22.1 Å². The number of halogens is 4. The molecule has 0 aliphatic rings. The molecule has 1 N–H and O–H groups in total. The first-order valence-corrected chi connectivity index (χ1v) is 13.4. The minimum atomic E-state index is -1.05. The molecule has 0 bridgehead atoms. The van der Waals surface area contributed by atoms with Gasteiger partial charge in [0.2, 0.25) is 0 Å². The van der Waals surface area contributed by atoms with Gasteiger partial charge in [0.05, 0.1) is 29.9 Å². The first kappa shape index (κ1) is 29.1. The maximum atomic E-state index is 10.8. The van der Waals surface area contributed by atoms with Gasteiger partial charge >= 0.3 is 0 Å². The number of oxime groups is 1. The molecule has 0 aliphatic carbocycles. The lowest BCUT2D eigenvalue weighted by atomic mass is 9.70. The largest absolute Gasteiger partial charge is 0.411 e. The average molecular weight is 611 g/mol. The lowest BCUT2D eigenvalue weighted by Crippen LogP contribution is -2.51. The van der Waals surface area contributed by atoms with Gasteiger partial charge in [0, 0.05) is 32.5 Å². The number of aromatic nitrogens is 4. The van der Waals surface area contributed by atoms with Gasteiger partial charge in [-0.2, -0.15) is 9.46 Å². The van der Waals surface area contributed by atoms with Crippen molar-refractivity contribution in [2.75, 3.05) is 0 Å². The summed E-state index contributed by atoms with van der Waals surface area (Å²) in [5.41, 5.74) is -0.595. The van der Waals surface area contributed by atoms with Crippen LogP contribution in [-0.4, -0.2) is 41.5 Å². The Labute approximate surface area is 246 Å². The van der Waals surface area contributed by atoms with E-state index >= 15 is 0 Å². The standard InChI is InChI=1S/C27H27Cl4N5O3/c1-26(2,38-35-11-9-32-15-35)23(19-7-5-17(28)13-21(19)30)25(34-37)24(20-8-6-18(29)14-22(20)31)27(3,4)39-36-12-10-33-16-36/h5-16,23-24,37H,1-4H3. The summed E-state index contributed by atoms with van der Waals surface area (Å²) in [6.45, 7) is 7.44. The van der Waals surface area contributed by atoms with Crippen LogP contribution in [0.25, 0.3) is 0 Å². The molecule has 8 nitrogen and oxygen atoms in total. The number of nitrogens with zero attached hydrogens (tertiary/aromatic N) is 5. The SMILES string of the molecule is CC(C)(On1ccnc1)C(C(=NO)C(c1ccc(Cl)cc1Cl)C(C)(C)On1ccnc1)c1ccc(Cl)cc1Cl. The molecule has 4 rings (SSSR count). The van der Waals surface area contributed by atoms with Gasteiger partial charge in [0.1, 0.15) is 23.9 Å². The van der Waals surface area contributed by atoms with Crippen LogP contribution in [0.3, 0.4) is 0 Å². The first-order chi connectivity index (χ1) is 18.4. The van der Waals surface area contributed by atoms with Crippen LogP contribution >= 0.6 is 46.4 Å². The second-order valence-electron chi connectivity index (χ2n) is 9.96. The van der Waals surface area contributed by atoms with Crippen molar-refractivity contribution in [1.82, 2.24) is 19.4 Å². The Kier molecular flexibility index (Phi) is 8.71. The van der Waals surface area contributed by atoms with Gasteiger partial charge in [0.25, 0.3) is 0 Å². The van der Waals surface area contributed by atoms with Crippen molar-refractivity contribution in [1.29, 1.82) is 0 Å². The van der Waals surface area contributed by atoms with E-state index < -0.39 is 23.0 Å². The number of imidazole rings is 2. The number of benzene rings is 2. The van der Waals surface area contributed by atoms with Crippen molar-refractivity contribution in [3.63, 3.8) is 0 Å². The van der Waals surface area contributed by atoms with Crippen LogP contribution in [-0.2, 0) is 0 Å². The summed E-state index contributed by atoms with van der Waals surface area (Å²) in [5.74, 6) is -1.48. The summed E-state index contributed by atoms with van der Waals surface area (Å²) >= 11 is 26.0. The highest BCUT2D eigenvalue weighted by atomic mass is 35.5. The third kappa shape index (κ3) is 6.47.